The normalized spacial score (nSPS) is 14.8. The average molecular weight is 687 g/mol. The Morgan fingerprint density at radius 1 is 1.00 bits per heavy atom. The Morgan fingerprint density at radius 2 is 1.73 bits per heavy atom. The van der Waals surface area contributed by atoms with Crippen molar-refractivity contribution in [3.8, 4) is 11.1 Å². The predicted molar refractivity (Wildman–Crippen MR) is 173 cm³/mol. The van der Waals surface area contributed by atoms with Crippen LogP contribution in [-0.4, -0.2) is 35.1 Å². The largest absolute Gasteiger partial charge is 0.352 e. The Morgan fingerprint density at radius 3 is 2.44 bits per heavy atom. The van der Waals surface area contributed by atoms with E-state index in [1.54, 1.807) is 37.3 Å². The molecule has 11 nitrogen and oxygen atoms in total. The van der Waals surface area contributed by atoms with Crippen LogP contribution in [0.4, 0.5) is 10.5 Å². The number of hydrogen-bond acceptors (Lipinski definition) is 7. The van der Waals surface area contributed by atoms with E-state index in [4.69, 9.17) is 0 Å². The van der Waals surface area contributed by atoms with Crippen molar-refractivity contribution in [3.63, 3.8) is 0 Å². The van der Waals surface area contributed by atoms with Gasteiger partial charge < -0.3 is 4.98 Å². The van der Waals surface area contributed by atoms with Crippen molar-refractivity contribution in [3.05, 3.63) is 139 Å². The molecule has 1 atom stereocenters. The smallest absolute Gasteiger partial charge is 0.321 e. The maximum absolute atomic E-state index is 13.8. The van der Waals surface area contributed by atoms with E-state index >= 15 is 0 Å². The number of hydrogen-bond donors (Lipinski definition) is 2. The van der Waals surface area contributed by atoms with Gasteiger partial charge in [-0.3, -0.25) is 14.9 Å². The van der Waals surface area contributed by atoms with Gasteiger partial charge in [-0.15, -0.1) is 0 Å². The highest BCUT2D eigenvalue weighted by Gasteiger charge is 2.37. The quantitative estimate of drug-likeness (QED) is 0.155. The molecular weight excluding hydrogens is 662 g/mol. The minimum Gasteiger partial charge on any atom is -0.321 e. The maximum atomic E-state index is 13.8. The molecule has 0 unspecified atom stereocenters. The number of nitrogens with zero attached hydrogens (tertiary/aromatic N) is 3. The van der Waals surface area contributed by atoms with Gasteiger partial charge in [-0.1, -0.05) is 76.1 Å². The Hall–Kier alpha value is -5.14. The van der Waals surface area contributed by atoms with Crippen LogP contribution in [-0.2, 0) is 10.0 Å². The number of benzene rings is 4. The molecular formula is C32H24BrN5O6S. The highest BCUT2D eigenvalue weighted by Crippen LogP contribution is 2.38. The molecule has 0 saturated carbocycles. The van der Waals surface area contributed by atoms with E-state index < -0.39 is 32.6 Å². The van der Waals surface area contributed by atoms with Crippen molar-refractivity contribution >= 4 is 54.3 Å². The number of aromatic nitrogens is 1. The van der Waals surface area contributed by atoms with Crippen LogP contribution in [0.25, 0.3) is 22.0 Å². The zero-order chi connectivity index (χ0) is 31.9. The van der Waals surface area contributed by atoms with Crippen LogP contribution in [0.15, 0.2) is 116 Å². The van der Waals surface area contributed by atoms with Crippen molar-refractivity contribution in [2.75, 3.05) is 0 Å². The third-order valence-electron chi connectivity index (χ3n) is 7.46. The van der Waals surface area contributed by atoms with Crippen LogP contribution in [0.1, 0.15) is 29.2 Å². The van der Waals surface area contributed by atoms with Gasteiger partial charge in [0.05, 0.1) is 27.1 Å². The molecule has 0 spiro atoms. The number of aryl methyl sites for hydroxylation is 1. The molecule has 0 aliphatic carbocycles. The number of urea groups is 1. The molecule has 0 fully saturated rings. The number of H-pyrrole nitrogens is 1. The first-order valence-corrected chi connectivity index (χ1v) is 16.0. The van der Waals surface area contributed by atoms with Gasteiger partial charge in [0.2, 0.25) is 0 Å². The highest BCUT2D eigenvalue weighted by atomic mass is 79.9. The standard InChI is InChI=1S/C32H24BrN5O6S/c1-19-10-13-24(14-11-19)45(43,44)36-32(40)37-28(21-8-5-9-23(16-21)38(41)42)18-27(35-37)30-29(20-6-3-2-4-7-20)25-17-22(33)12-15-26(25)34-31(30)39/h2-17,28H,18H2,1H3,(H,34,39)(H,36,40)/t28-/m1/s1. The lowest BCUT2D eigenvalue weighted by atomic mass is 9.91. The Kier molecular flexibility index (Phi) is 7.81. The first kappa shape index (κ1) is 29.9. The molecule has 0 bridgehead atoms. The lowest BCUT2D eigenvalue weighted by Gasteiger charge is -2.22. The van der Waals surface area contributed by atoms with Crippen molar-refractivity contribution in [1.29, 1.82) is 0 Å². The summed E-state index contributed by atoms with van der Waals surface area (Å²) in [5, 5.41) is 17.8. The molecule has 1 aliphatic rings. The number of non-ortho nitro benzene ring substituents is 1. The second kappa shape index (κ2) is 11.7. The third kappa shape index (κ3) is 5.87. The van der Waals surface area contributed by atoms with E-state index in [0.29, 0.717) is 22.0 Å². The van der Waals surface area contributed by atoms with E-state index in [1.807, 2.05) is 36.4 Å². The number of amides is 2. The summed E-state index contributed by atoms with van der Waals surface area (Å²) in [7, 11) is -4.31. The number of carbonyl (C=O) groups excluding carboxylic acids is 1. The number of fused-ring (bicyclic) bond motifs is 1. The molecule has 4 aromatic carbocycles. The van der Waals surface area contributed by atoms with Gasteiger partial charge >= 0.3 is 6.03 Å². The molecule has 13 heteroatoms. The zero-order valence-corrected chi connectivity index (χ0v) is 26.0. The van der Waals surface area contributed by atoms with E-state index in [2.05, 4.69) is 30.7 Å². The molecule has 2 N–H and O–H groups in total. The SMILES string of the molecule is Cc1ccc(S(=O)(=O)NC(=O)N2N=C(c3c(-c4ccccc4)c4cc(Br)ccc4[nH]c3=O)C[C@@H]2c2cccc([N+](=O)[O-])c2)cc1. The van der Waals surface area contributed by atoms with Crippen LogP contribution in [0.3, 0.4) is 0 Å². The van der Waals surface area contributed by atoms with Crippen molar-refractivity contribution in [1.82, 2.24) is 14.7 Å². The number of aromatic amines is 1. The number of nitrogens with one attached hydrogen (secondary N) is 2. The molecule has 1 aromatic heterocycles. The molecule has 226 valence electrons. The Labute approximate surface area is 265 Å². The van der Waals surface area contributed by atoms with Crippen LogP contribution in [0.2, 0.25) is 0 Å². The van der Waals surface area contributed by atoms with Crippen LogP contribution in [0, 0.1) is 17.0 Å². The number of halogens is 1. The number of carbonyl (C=O) groups is 1. The van der Waals surface area contributed by atoms with E-state index in [1.165, 1.54) is 30.3 Å². The minimum atomic E-state index is -4.31. The summed E-state index contributed by atoms with van der Waals surface area (Å²) in [6.45, 7) is 1.80. The van der Waals surface area contributed by atoms with Gasteiger partial charge in [0.25, 0.3) is 21.3 Å². The first-order chi connectivity index (χ1) is 21.5. The molecule has 5 aromatic rings. The zero-order valence-electron chi connectivity index (χ0n) is 23.6. The summed E-state index contributed by atoms with van der Waals surface area (Å²) in [5.74, 6) is 0. The number of nitro benzene ring substituents is 1. The molecule has 1 aliphatic heterocycles. The third-order valence-corrected chi connectivity index (χ3v) is 9.29. The maximum Gasteiger partial charge on any atom is 0.352 e. The molecule has 2 heterocycles. The van der Waals surface area contributed by atoms with E-state index in [9.17, 15) is 28.1 Å². The Bertz CT molecular complexity index is 2180. The number of hydrazone groups is 1. The molecule has 0 saturated heterocycles. The second-order valence-corrected chi connectivity index (χ2v) is 13.0. The highest BCUT2D eigenvalue weighted by molar-refractivity contribution is 9.10. The number of sulfonamides is 1. The lowest BCUT2D eigenvalue weighted by Crippen LogP contribution is -2.40. The number of pyridine rings is 1. The number of rotatable bonds is 6. The van der Waals surface area contributed by atoms with Gasteiger partial charge in [-0.05, 0) is 48.4 Å². The summed E-state index contributed by atoms with van der Waals surface area (Å²) in [6, 6.07) is 24.3. The van der Waals surface area contributed by atoms with Crippen molar-refractivity contribution in [2.45, 2.75) is 24.3 Å². The average Bonchev–Trinajstić information content (AvgIpc) is 3.46. The van der Waals surface area contributed by atoms with Crippen molar-refractivity contribution < 1.29 is 18.1 Å². The summed E-state index contributed by atoms with van der Waals surface area (Å²) in [5.41, 5.74) is 2.77. The predicted octanol–water partition coefficient (Wildman–Crippen LogP) is 6.42. The fourth-order valence-electron chi connectivity index (χ4n) is 5.34. The van der Waals surface area contributed by atoms with Gasteiger partial charge in [-0.2, -0.15) is 5.10 Å². The first-order valence-electron chi connectivity index (χ1n) is 13.7. The fourth-order valence-corrected chi connectivity index (χ4v) is 6.63. The van der Waals surface area contributed by atoms with Gasteiger partial charge in [0, 0.05) is 39.5 Å². The van der Waals surface area contributed by atoms with E-state index in [-0.39, 0.29) is 28.3 Å². The molecule has 2 amide bonds. The second-order valence-electron chi connectivity index (χ2n) is 10.4. The summed E-state index contributed by atoms with van der Waals surface area (Å²) >= 11 is 3.51. The van der Waals surface area contributed by atoms with Crippen LogP contribution < -0.4 is 10.3 Å². The molecule has 0 radical (unpaired) electrons. The van der Waals surface area contributed by atoms with Gasteiger partial charge in [-0.25, -0.2) is 22.9 Å². The summed E-state index contributed by atoms with van der Waals surface area (Å²) in [4.78, 5) is 41.2. The summed E-state index contributed by atoms with van der Waals surface area (Å²) < 4.78 is 29.2. The summed E-state index contributed by atoms with van der Waals surface area (Å²) in [6.07, 6.45) is -0.0262. The van der Waals surface area contributed by atoms with Crippen LogP contribution >= 0.6 is 15.9 Å². The molecule has 45 heavy (non-hydrogen) atoms. The Balaban J connectivity index is 1.51. The number of nitro groups is 1. The minimum absolute atomic E-state index is 0.0262. The van der Waals surface area contributed by atoms with Gasteiger partial charge in [0.15, 0.2) is 0 Å². The topological polar surface area (TPSA) is 155 Å². The lowest BCUT2D eigenvalue weighted by molar-refractivity contribution is -0.384. The molecule has 6 rings (SSSR count). The monoisotopic (exact) mass is 685 g/mol. The fraction of sp³-hybridized carbons (Fsp3) is 0.0938. The van der Waals surface area contributed by atoms with Gasteiger partial charge in [0.1, 0.15) is 0 Å². The van der Waals surface area contributed by atoms with E-state index in [0.717, 1.165) is 20.6 Å². The van der Waals surface area contributed by atoms with Crippen LogP contribution in [0.5, 0.6) is 0 Å². The van der Waals surface area contributed by atoms with Crippen molar-refractivity contribution in [2.24, 2.45) is 5.10 Å².